The Morgan fingerprint density at radius 3 is 2.75 bits per heavy atom. The Hall–Kier alpha value is -2.17. The maximum absolute atomic E-state index is 4.69. The number of nitrogens with one attached hydrogen (secondary N) is 1. The van der Waals surface area contributed by atoms with Gasteiger partial charge < -0.3 is 10.2 Å². The average Bonchev–Trinajstić information content (AvgIpc) is 2.55. The van der Waals surface area contributed by atoms with Crippen molar-refractivity contribution in [2.24, 2.45) is 5.92 Å². The molecule has 0 amide bonds. The molecular formula is C19H27N5. The van der Waals surface area contributed by atoms with Gasteiger partial charge in [-0.05, 0) is 35.8 Å². The van der Waals surface area contributed by atoms with E-state index in [4.69, 9.17) is 4.98 Å². The topological polar surface area (TPSA) is 53.9 Å². The molecule has 5 nitrogen and oxygen atoms in total. The fraction of sp³-hybridized carbons (Fsp3) is 0.526. The van der Waals surface area contributed by atoms with Crippen molar-refractivity contribution < 1.29 is 0 Å². The van der Waals surface area contributed by atoms with Crippen LogP contribution in [0.1, 0.15) is 46.1 Å². The summed E-state index contributed by atoms with van der Waals surface area (Å²) in [5, 5.41) is 11.7. The fourth-order valence-corrected chi connectivity index (χ4v) is 3.26. The van der Waals surface area contributed by atoms with Crippen molar-refractivity contribution in [2.45, 2.75) is 46.0 Å². The van der Waals surface area contributed by atoms with Crippen LogP contribution in [-0.2, 0) is 5.41 Å². The summed E-state index contributed by atoms with van der Waals surface area (Å²) in [6.45, 7) is 11.0. The van der Waals surface area contributed by atoms with E-state index >= 15 is 0 Å². The monoisotopic (exact) mass is 325 g/mol. The molecule has 1 saturated heterocycles. The predicted molar refractivity (Wildman–Crippen MR) is 98.9 cm³/mol. The van der Waals surface area contributed by atoms with E-state index in [0.717, 1.165) is 24.6 Å². The van der Waals surface area contributed by atoms with Gasteiger partial charge in [-0.3, -0.25) is 0 Å². The molecule has 0 spiro atoms. The van der Waals surface area contributed by atoms with Gasteiger partial charge in [0, 0.05) is 18.8 Å². The van der Waals surface area contributed by atoms with E-state index in [9.17, 15) is 0 Å². The third kappa shape index (κ3) is 3.83. The maximum atomic E-state index is 4.69. The summed E-state index contributed by atoms with van der Waals surface area (Å²) >= 11 is 0. The van der Waals surface area contributed by atoms with E-state index in [1.54, 1.807) is 6.20 Å². The highest BCUT2D eigenvalue weighted by Crippen LogP contribution is 2.30. The fourth-order valence-electron chi connectivity index (χ4n) is 3.26. The molecule has 3 rings (SSSR count). The molecule has 128 valence electrons. The molecule has 1 N–H and O–H groups in total. The molecule has 0 radical (unpaired) electrons. The highest BCUT2D eigenvalue weighted by Gasteiger charge is 2.20. The first-order valence-corrected chi connectivity index (χ1v) is 8.74. The minimum atomic E-state index is 0.0525. The number of anilines is 3. The molecule has 1 aromatic heterocycles. The van der Waals surface area contributed by atoms with Crippen LogP contribution in [-0.4, -0.2) is 28.3 Å². The summed E-state index contributed by atoms with van der Waals surface area (Å²) in [5.74, 6) is 2.17. The predicted octanol–water partition coefficient (Wildman–Crippen LogP) is 4.15. The minimum Gasteiger partial charge on any atom is -0.355 e. The van der Waals surface area contributed by atoms with Crippen LogP contribution in [0.4, 0.5) is 17.5 Å². The van der Waals surface area contributed by atoms with Gasteiger partial charge in [-0.15, -0.1) is 5.10 Å². The number of piperidine rings is 1. The smallest absolute Gasteiger partial charge is 0.249 e. The van der Waals surface area contributed by atoms with Gasteiger partial charge >= 0.3 is 0 Å². The summed E-state index contributed by atoms with van der Waals surface area (Å²) in [6.07, 6.45) is 4.26. The van der Waals surface area contributed by atoms with Crippen LogP contribution in [0.5, 0.6) is 0 Å². The molecule has 24 heavy (non-hydrogen) atoms. The number of nitrogens with zero attached hydrogens (tertiary/aromatic N) is 4. The van der Waals surface area contributed by atoms with Crippen LogP contribution >= 0.6 is 0 Å². The van der Waals surface area contributed by atoms with Gasteiger partial charge in [-0.2, -0.15) is 10.1 Å². The summed E-state index contributed by atoms with van der Waals surface area (Å²) in [4.78, 5) is 7.00. The molecule has 1 fully saturated rings. The number of benzene rings is 1. The number of para-hydroxylation sites is 1. The lowest BCUT2D eigenvalue weighted by molar-refractivity contribution is 0.444. The first-order valence-electron chi connectivity index (χ1n) is 8.74. The van der Waals surface area contributed by atoms with Crippen molar-refractivity contribution in [3.63, 3.8) is 0 Å². The molecule has 1 aliphatic rings. The van der Waals surface area contributed by atoms with Gasteiger partial charge in [0.25, 0.3) is 0 Å². The van der Waals surface area contributed by atoms with Gasteiger partial charge in [0.1, 0.15) is 0 Å². The molecule has 0 saturated carbocycles. The minimum absolute atomic E-state index is 0.0525. The lowest BCUT2D eigenvalue weighted by Gasteiger charge is -2.31. The second-order valence-electron chi connectivity index (χ2n) is 7.75. The van der Waals surface area contributed by atoms with E-state index in [2.05, 4.69) is 66.3 Å². The standard InChI is InChI=1S/C19H27N5/c1-14-8-7-11-24(13-14)17-12-20-23-18(22-17)21-16-10-6-5-9-15(16)19(2,3)4/h5-6,9-10,12,14H,7-8,11,13H2,1-4H3,(H,21,22,23). The molecule has 5 heteroatoms. The van der Waals surface area contributed by atoms with Gasteiger partial charge in [-0.25, -0.2) is 0 Å². The van der Waals surface area contributed by atoms with Crippen molar-refractivity contribution in [3.8, 4) is 0 Å². The van der Waals surface area contributed by atoms with E-state index < -0.39 is 0 Å². The zero-order valence-corrected chi connectivity index (χ0v) is 15.1. The largest absolute Gasteiger partial charge is 0.355 e. The summed E-state index contributed by atoms with van der Waals surface area (Å²) in [6, 6.07) is 8.31. The molecule has 0 bridgehead atoms. The van der Waals surface area contributed by atoms with Crippen molar-refractivity contribution in [1.82, 2.24) is 15.2 Å². The van der Waals surface area contributed by atoms with Crippen LogP contribution in [0.25, 0.3) is 0 Å². The van der Waals surface area contributed by atoms with Crippen molar-refractivity contribution >= 4 is 17.5 Å². The van der Waals surface area contributed by atoms with Crippen LogP contribution in [0.2, 0.25) is 0 Å². The van der Waals surface area contributed by atoms with Crippen molar-refractivity contribution in [3.05, 3.63) is 36.0 Å². The van der Waals surface area contributed by atoms with E-state index in [1.807, 2.05) is 6.07 Å². The summed E-state index contributed by atoms with van der Waals surface area (Å²) in [5.41, 5.74) is 2.33. The lowest BCUT2D eigenvalue weighted by atomic mass is 9.86. The molecular weight excluding hydrogens is 298 g/mol. The zero-order chi connectivity index (χ0) is 17.2. The summed E-state index contributed by atoms with van der Waals surface area (Å²) in [7, 11) is 0. The SMILES string of the molecule is CC1CCCN(c2cnnc(Nc3ccccc3C(C)(C)C)n2)C1. The molecule has 2 heterocycles. The molecule has 1 unspecified atom stereocenters. The van der Waals surface area contributed by atoms with E-state index in [1.165, 1.54) is 18.4 Å². The quantitative estimate of drug-likeness (QED) is 0.919. The first-order chi connectivity index (χ1) is 11.4. The highest BCUT2D eigenvalue weighted by atomic mass is 15.3. The number of hydrogen-bond acceptors (Lipinski definition) is 5. The lowest BCUT2D eigenvalue weighted by Crippen LogP contribution is -2.35. The number of aromatic nitrogens is 3. The van der Waals surface area contributed by atoms with Crippen molar-refractivity contribution in [1.29, 1.82) is 0 Å². The second-order valence-corrected chi connectivity index (χ2v) is 7.75. The Labute approximate surface area is 144 Å². The average molecular weight is 325 g/mol. The van der Waals surface area contributed by atoms with E-state index in [-0.39, 0.29) is 5.41 Å². The normalized spacial score (nSPS) is 18.5. The third-order valence-corrected chi connectivity index (χ3v) is 4.51. The Morgan fingerprint density at radius 2 is 2.00 bits per heavy atom. The van der Waals surface area contributed by atoms with Crippen LogP contribution < -0.4 is 10.2 Å². The number of rotatable bonds is 3. The Morgan fingerprint density at radius 1 is 1.21 bits per heavy atom. The molecule has 1 atom stereocenters. The van der Waals surface area contributed by atoms with Gasteiger partial charge in [0.05, 0.1) is 6.20 Å². The van der Waals surface area contributed by atoms with Crippen molar-refractivity contribution in [2.75, 3.05) is 23.3 Å². The molecule has 2 aromatic rings. The van der Waals surface area contributed by atoms with Crippen LogP contribution in [0.3, 0.4) is 0 Å². The molecule has 1 aliphatic heterocycles. The van der Waals surface area contributed by atoms with Gasteiger partial charge in [-0.1, -0.05) is 45.9 Å². The third-order valence-electron chi connectivity index (χ3n) is 4.51. The Kier molecular flexibility index (Phi) is 4.69. The molecule has 1 aromatic carbocycles. The van der Waals surface area contributed by atoms with E-state index in [0.29, 0.717) is 11.9 Å². The Bertz CT molecular complexity index is 692. The summed E-state index contributed by atoms with van der Waals surface area (Å²) < 4.78 is 0. The Balaban J connectivity index is 1.83. The second kappa shape index (κ2) is 6.75. The van der Waals surface area contributed by atoms with Gasteiger partial charge in [0.15, 0.2) is 5.82 Å². The maximum Gasteiger partial charge on any atom is 0.249 e. The highest BCUT2D eigenvalue weighted by molar-refractivity contribution is 5.61. The first kappa shape index (κ1) is 16.7. The van der Waals surface area contributed by atoms with Crippen LogP contribution in [0, 0.1) is 5.92 Å². The molecule has 0 aliphatic carbocycles. The zero-order valence-electron chi connectivity index (χ0n) is 15.1. The van der Waals surface area contributed by atoms with Gasteiger partial charge in [0.2, 0.25) is 5.95 Å². The number of hydrogen-bond donors (Lipinski definition) is 1. The van der Waals surface area contributed by atoms with Crippen LogP contribution in [0.15, 0.2) is 30.5 Å².